The fourth-order valence-electron chi connectivity index (χ4n) is 3.06. The molecule has 3 aromatic rings. The van der Waals surface area contributed by atoms with E-state index in [4.69, 9.17) is 19.6 Å². The number of nitrogens with one attached hydrogen (secondary N) is 1. The first kappa shape index (κ1) is 23.3. The number of ether oxygens (including phenoxy) is 2. The van der Waals surface area contributed by atoms with Crippen LogP contribution in [0.4, 0.5) is 5.88 Å². The molecule has 0 spiro atoms. The van der Waals surface area contributed by atoms with Crippen LogP contribution in [0.25, 0.3) is 6.08 Å². The van der Waals surface area contributed by atoms with Crippen LogP contribution >= 0.6 is 0 Å². The predicted octanol–water partition coefficient (Wildman–Crippen LogP) is 4.09. The molecular weight excluding hydrogens is 424 g/mol. The quantitative estimate of drug-likeness (QED) is 0.376. The molecule has 0 aliphatic rings. The molecule has 0 saturated heterocycles. The van der Waals surface area contributed by atoms with Gasteiger partial charge in [-0.05, 0) is 43.2 Å². The number of nitrogens with two attached hydrogens (primary N) is 1. The number of esters is 1. The van der Waals surface area contributed by atoms with E-state index in [-0.39, 0.29) is 29.4 Å². The van der Waals surface area contributed by atoms with Crippen LogP contribution in [0, 0.1) is 6.92 Å². The summed E-state index contributed by atoms with van der Waals surface area (Å²) in [5.74, 6) is -1.62. The molecule has 2 aromatic carbocycles. The Morgan fingerprint density at radius 2 is 1.73 bits per heavy atom. The zero-order chi connectivity index (χ0) is 23.8. The number of amides is 2. The highest BCUT2D eigenvalue weighted by Crippen LogP contribution is 2.27. The van der Waals surface area contributed by atoms with E-state index in [9.17, 15) is 14.4 Å². The number of carbonyl (C=O) groups excluding carboxylic acids is 3. The molecule has 8 heteroatoms. The van der Waals surface area contributed by atoms with Crippen molar-refractivity contribution in [3.05, 3.63) is 88.7 Å². The van der Waals surface area contributed by atoms with E-state index in [0.717, 1.165) is 11.1 Å². The Morgan fingerprint density at radius 3 is 2.36 bits per heavy atom. The highest BCUT2D eigenvalue weighted by atomic mass is 16.5. The van der Waals surface area contributed by atoms with E-state index in [1.807, 2.05) is 30.3 Å². The van der Waals surface area contributed by atoms with E-state index in [1.54, 1.807) is 37.3 Å². The first-order chi connectivity index (χ1) is 15.9. The highest BCUT2D eigenvalue weighted by molar-refractivity contribution is 6.12. The predicted molar refractivity (Wildman–Crippen MR) is 123 cm³/mol. The van der Waals surface area contributed by atoms with Gasteiger partial charge in [-0.2, -0.15) is 0 Å². The number of hydrogen-bond donors (Lipinski definition) is 2. The average molecular weight is 448 g/mol. The van der Waals surface area contributed by atoms with Gasteiger partial charge < -0.3 is 19.6 Å². The lowest BCUT2D eigenvalue weighted by Gasteiger charge is -2.06. The molecule has 0 aliphatic carbocycles. The molecule has 33 heavy (non-hydrogen) atoms. The van der Waals surface area contributed by atoms with Gasteiger partial charge >= 0.3 is 5.97 Å². The summed E-state index contributed by atoms with van der Waals surface area (Å²) in [6.07, 6.45) is 2.86. The minimum Gasteiger partial charge on any atom is -0.489 e. The fourth-order valence-corrected chi connectivity index (χ4v) is 3.06. The maximum atomic E-state index is 12.4. The van der Waals surface area contributed by atoms with Crippen LogP contribution in [0.3, 0.4) is 0 Å². The number of hydrogen-bond acceptors (Lipinski definition) is 6. The molecule has 1 heterocycles. The smallest absolute Gasteiger partial charge is 0.342 e. The Morgan fingerprint density at radius 1 is 1.03 bits per heavy atom. The molecule has 0 radical (unpaired) electrons. The van der Waals surface area contributed by atoms with E-state index < -0.39 is 17.8 Å². The number of benzene rings is 2. The third-order valence-corrected chi connectivity index (χ3v) is 4.60. The zero-order valence-electron chi connectivity index (χ0n) is 18.3. The minimum absolute atomic E-state index is 0.102. The Balaban J connectivity index is 1.64. The molecule has 0 saturated carbocycles. The van der Waals surface area contributed by atoms with Crippen LogP contribution in [0.5, 0.6) is 5.75 Å². The number of furan rings is 1. The van der Waals surface area contributed by atoms with Crippen LogP contribution in [0.2, 0.25) is 0 Å². The molecule has 0 unspecified atom stereocenters. The summed E-state index contributed by atoms with van der Waals surface area (Å²) in [6, 6.07) is 17.0. The molecule has 3 rings (SSSR count). The lowest BCUT2D eigenvalue weighted by atomic mass is 10.1. The van der Waals surface area contributed by atoms with Gasteiger partial charge in [-0.3, -0.25) is 14.9 Å². The monoisotopic (exact) mass is 448 g/mol. The van der Waals surface area contributed by atoms with Crippen LogP contribution in [0.1, 0.15) is 44.5 Å². The molecule has 0 fully saturated rings. The molecule has 1 aromatic heterocycles. The largest absolute Gasteiger partial charge is 0.489 e. The number of carbonyl (C=O) groups is 3. The van der Waals surface area contributed by atoms with Gasteiger partial charge in [0.15, 0.2) is 0 Å². The van der Waals surface area contributed by atoms with Crippen molar-refractivity contribution < 1.29 is 28.3 Å². The molecular formula is C25H24N2O6. The van der Waals surface area contributed by atoms with Gasteiger partial charge in [0.25, 0.3) is 11.8 Å². The van der Waals surface area contributed by atoms with Crippen molar-refractivity contribution in [2.45, 2.75) is 20.5 Å². The first-order valence-corrected chi connectivity index (χ1v) is 10.2. The number of aryl methyl sites for hydroxylation is 1. The Hall–Kier alpha value is -4.33. The number of primary amides is 1. The van der Waals surface area contributed by atoms with Crippen LogP contribution in [0.15, 0.2) is 65.1 Å². The standard InChI is InChI=1S/C25H24N2O6/c1-3-31-25(30)21-16(2)33-24(22(21)23(26)29)27-20(28)14-11-17-9-12-19(13-10-17)32-15-18-7-5-4-6-8-18/h4-14H,3,15H2,1-2H3,(H2,26,29)(H,27,28)/b14-11+. The lowest BCUT2D eigenvalue weighted by Crippen LogP contribution is -2.19. The fraction of sp³-hybridized carbons (Fsp3) is 0.160. The Kier molecular flexibility index (Phi) is 7.64. The third kappa shape index (κ3) is 6.10. The lowest BCUT2D eigenvalue weighted by molar-refractivity contribution is -0.111. The minimum atomic E-state index is -0.916. The normalized spacial score (nSPS) is 10.7. The van der Waals surface area contributed by atoms with Gasteiger partial charge in [-0.1, -0.05) is 42.5 Å². The average Bonchev–Trinajstić information content (AvgIpc) is 3.13. The van der Waals surface area contributed by atoms with Gasteiger partial charge in [-0.15, -0.1) is 0 Å². The Labute approximate surface area is 191 Å². The van der Waals surface area contributed by atoms with Gasteiger partial charge in [0.1, 0.15) is 29.2 Å². The van der Waals surface area contributed by atoms with E-state index in [1.165, 1.54) is 13.0 Å². The SMILES string of the molecule is CCOC(=O)c1c(C)oc(NC(=O)/C=C/c2ccc(OCc3ccccc3)cc2)c1C(N)=O. The summed E-state index contributed by atoms with van der Waals surface area (Å²) in [5.41, 5.74) is 6.88. The van der Waals surface area contributed by atoms with Gasteiger partial charge in [-0.25, -0.2) is 4.79 Å². The maximum absolute atomic E-state index is 12.4. The van der Waals surface area contributed by atoms with Crippen molar-refractivity contribution in [1.82, 2.24) is 0 Å². The molecule has 0 atom stereocenters. The Bertz CT molecular complexity index is 1160. The van der Waals surface area contributed by atoms with Crippen molar-refractivity contribution in [3.8, 4) is 5.75 Å². The van der Waals surface area contributed by atoms with Gasteiger partial charge in [0.05, 0.1) is 6.61 Å². The molecule has 0 aliphatic heterocycles. The van der Waals surface area contributed by atoms with Gasteiger partial charge in [0, 0.05) is 6.08 Å². The molecule has 0 bridgehead atoms. The van der Waals surface area contributed by atoms with Crippen molar-refractivity contribution in [2.75, 3.05) is 11.9 Å². The summed E-state index contributed by atoms with van der Waals surface area (Å²) < 4.78 is 16.1. The topological polar surface area (TPSA) is 121 Å². The molecule has 8 nitrogen and oxygen atoms in total. The molecule has 3 N–H and O–H groups in total. The zero-order valence-corrected chi connectivity index (χ0v) is 18.3. The number of anilines is 1. The first-order valence-electron chi connectivity index (χ1n) is 10.2. The van der Waals surface area contributed by atoms with Gasteiger partial charge in [0.2, 0.25) is 5.88 Å². The maximum Gasteiger partial charge on any atom is 0.342 e. The summed E-state index contributed by atoms with van der Waals surface area (Å²) in [6.45, 7) is 3.68. The summed E-state index contributed by atoms with van der Waals surface area (Å²) >= 11 is 0. The molecule has 2 amide bonds. The van der Waals surface area contributed by atoms with Crippen molar-refractivity contribution in [3.63, 3.8) is 0 Å². The van der Waals surface area contributed by atoms with Crippen molar-refractivity contribution >= 4 is 29.7 Å². The summed E-state index contributed by atoms with van der Waals surface area (Å²) in [4.78, 5) is 36.4. The van der Waals surface area contributed by atoms with E-state index in [0.29, 0.717) is 12.4 Å². The highest BCUT2D eigenvalue weighted by Gasteiger charge is 2.28. The number of rotatable bonds is 9. The van der Waals surface area contributed by atoms with Crippen LogP contribution in [-0.4, -0.2) is 24.4 Å². The summed E-state index contributed by atoms with van der Waals surface area (Å²) in [7, 11) is 0. The summed E-state index contributed by atoms with van der Waals surface area (Å²) in [5, 5.41) is 2.44. The third-order valence-electron chi connectivity index (χ3n) is 4.60. The second-order valence-electron chi connectivity index (χ2n) is 6.99. The van der Waals surface area contributed by atoms with Crippen molar-refractivity contribution in [2.24, 2.45) is 5.73 Å². The van der Waals surface area contributed by atoms with Crippen LogP contribution < -0.4 is 15.8 Å². The van der Waals surface area contributed by atoms with E-state index in [2.05, 4.69) is 5.32 Å². The molecule has 170 valence electrons. The van der Waals surface area contributed by atoms with Crippen LogP contribution in [-0.2, 0) is 16.1 Å². The van der Waals surface area contributed by atoms with E-state index >= 15 is 0 Å². The van der Waals surface area contributed by atoms with Crippen molar-refractivity contribution in [1.29, 1.82) is 0 Å². The second kappa shape index (κ2) is 10.8. The second-order valence-corrected chi connectivity index (χ2v) is 6.99.